The number of nitriles is 2. The van der Waals surface area contributed by atoms with E-state index in [2.05, 4.69) is 30.4 Å². The Morgan fingerprint density at radius 1 is 0.935 bits per heavy atom. The van der Waals surface area contributed by atoms with E-state index in [1.54, 1.807) is 0 Å². The van der Waals surface area contributed by atoms with Crippen LogP contribution in [0.15, 0.2) is 72.8 Å². The van der Waals surface area contributed by atoms with Gasteiger partial charge in [0.15, 0.2) is 0 Å². The van der Waals surface area contributed by atoms with Crippen LogP contribution in [0.1, 0.15) is 47.6 Å². The van der Waals surface area contributed by atoms with Gasteiger partial charge >= 0.3 is 0 Å². The van der Waals surface area contributed by atoms with Crippen LogP contribution >= 0.6 is 23.2 Å². The highest BCUT2D eigenvalue weighted by Gasteiger charge is 2.24. The molecule has 31 heavy (non-hydrogen) atoms. The van der Waals surface area contributed by atoms with E-state index in [-0.39, 0.29) is 18.0 Å². The molecule has 0 aliphatic rings. The second kappa shape index (κ2) is 11.0. The number of nitrogens with one attached hydrogen (secondary N) is 1. The summed E-state index contributed by atoms with van der Waals surface area (Å²) in [5.41, 5.74) is 3.77. The van der Waals surface area contributed by atoms with Crippen LogP contribution in [0.4, 0.5) is 0 Å². The Hall–Kier alpha value is -2.82. The lowest BCUT2D eigenvalue weighted by atomic mass is 9.85. The molecule has 0 spiro atoms. The van der Waals surface area contributed by atoms with Gasteiger partial charge < -0.3 is 5.32 Å². The average molecular weight is 448 g/mol. The molecule has 0 heterocycles. The Kier molecular flexibility index (Phi) is 8.10. The third-order valence-corrected chi connectivity index (χ3v) is 6.05. The predicted molar refractivity (Wildman–Crippen MR) is 126 cm³/mol. The first-order chi connectivity index (χ1) is 15.0. The second-order valence-electron chi connectivity index (χ2n) is 7.57. The van der Waals surface area contributed by atoms with Gasteiger partial charge in [0, 0.05) is 28.0 Å². The molecular formula is C26H23Cl2N3. The fourth-order valence-electron chi connectivity index (χ4n) is 3.84. The van der Waals surface area contributed by atoms with E-state index in [0.29, 0.717) is 22.0 Å². The molecule has 2 unspecified atom stereocenters. The molecule has 0 amide bonds. The molecule has 0 saturated carbocycles. The fraction of sp³-hybridized carbons (Fsp3) is 0.231. The van der Waals surface area contributed by atoms with Crippen LogP contribution in [0, 0.1) is 22.7 Å². The second-order valence-corrected chi connectivity index (χ2v) is 8.41. The van der Waals surface area contributed by atoms with Gasteiger partial charge in [-0.2, -0.15) is 10.5 Å². The molecule has 5 heteroatoms. The van der Waals surface area contributed by atoms with Crippen molar-refractivity contribution in [1.82, 2.24) is 5.32 Å². The Balaban J connectivity index is 1.93. The summed E-state index contributed by atoms with van der Waals surface area (Å²) in [7, 11) is 0. The smallest absolute Gasteiger partial charge is 0.0991 e. The lowest BCUT2D eigenvalue weighted by Crippen LogP contribution is -2.36. The van der Waals surface area contributed by atoms with Gasteiger partial charge in [0.2, 0.25) is 0 Å². The Morgan fingerprint density at radius 3 is 2.35 bits per heavy atom. The lowest BCUT2D eigenvalue weighted by Gasteiger charge is -2.30. The zero-order valence-corrected chi connectivity index (χ0v) is 18.7. The van der Waals surface area contributed by atoms with Gasteiger partial charge in [-0.05, 0) is 60.4 Å². The van der Waals surface area contributed by atoms with Gasteiger partial charge in [0.1, 0.15) is 0 Å². The van der Waals surface area contributed by atoms with E-state index < -0.39 is 0 Å². The first kappa shape index (κ1) is 22.9. The van der Waals surface area contributed by atoms with Crippen molar-refractivity contribution < 1.29 is 0 Å². The molecule has 0 fully saturated rings. The SMILES string of the molecule is CC(N[C@@H](CC#N)c1ccccc1Cl)C(Cc1ccc(Cl)cc1)c1cccc(C#N)c1. The monoisotopic (exact) mass is 447 g/mol. The van der Waals surface area contributed by atoms with Crippen LogP contribution in [0.3, 0.4) is 0 Å². The molecule has 3 nitrogen and oxygen atoms in total. The summed E-state index contributed by atoms with van der Waals surface area (Å²) >= 11 is 12.5. The van der Waals surface area contributed by atoms with Crippen LogP contribution in [0.5, 0.6) is 0 Å². The van der Waals surface area contributed by atoms with Gasteiger partial charge in [-0.15, -0.1) is 0 Å². The number of hydrogen-bond donors (Lipinski definition) is 1. The van der Waals surface area contributed by atoms with Crippen molar-refractivity contribution in [3.63, 3.8) is 0 Å². The zero-order valence-electron chi connectivity index (χ0n) is 17.2. The van der Waals surface area contributed by atoms with E-state index in [4.69, 9.17) is 23.2 Å². The van der Waals surface area contributed by atoms with Crippen molar-refractivity contribution in [2.24, 2.45) is 0 Å². The standard InChI is InChI=1S/C26H23Cl2N3/c1-18(31-26(13-14-29)23-7-2-3-8-25(23)28)24(16-19-9-11-22(27)12-10-19)21-6-4-5-20(15-21)17-30/h2-12,15,18,24,26,31H,13,16H2,1H3/t18?,24?,26-/m0/s1. The highest BCUT2D eigenvalue weighted by molar-refractivity contribution is 6.31. The van der Waals surface area contributed by atoms with Gasteiger partial charge in [-0.1, -0.05) is 65.7 Å². The molecule has 1 N–H and O–H groups in total. The summed E-state index contributed by atoms with van der Waals surface area (Å²) in [5.74, 6) is 0.0816. The third-order valence-electron chi connectivity index (χ3n) is 5.46. The molecule has 0 radical (unpaired) electrons. The maximum atomic E-state index is 9.41. The van der Waals surface area contributed by atoms with E-state index in [1.165, 1.54) is 0 Å². The maximum absolute atomic E-state index is 9.41. The van der Waals surface area contributed by atoms with Crippen LogP contribution in [-0.4, -0.2) is 6.04 Å². The normalized spacial score (nSPS) is 13.6. The van der Waals surface area contributed by atoms with Crippen LogP contribution in [0.2, 0.25) is 10.0 Å². The fourth-order valence-corrected chi connectivity index (χ4v) is 4.23. The average Bonchev–Trinajstić information content (AvgIpc) is 2.78. The minimum absolute atomic E-state index is 0.0132. The number of hydrogen-bond acceptors (Lipinski definition) is 3. The molecular weight excluding hydrogens is 425 g/mol. The number of benzene rings is 3. The van der Waals surface area contributed by atoms with E-state index >= 15 is 0 Å². The van der Waals surface area contributed by atoms with Crippen molar-refractivity contribution in [3.8, 4) is 12.1 Å². The molecule has 3 rings (SSSR count). The highest BCUT2D eigenvalue weighted by atomic mass is 35.5. The summed E-state index contributed by atoms with van der Waals surface area (Å²) < 4.78 is 0. The summed E-state index contributed by atoms with van der Waals surface area (Å²) in [6, 6.07) is 27.5. The molecule has 3 aromatic rings. The van der Waals surface area contributed by atoms with Crippen molar-refractivity contribution in [2.75, 3.05) is 0 Å². The number of rotatable bonds is 8. The Labute approximate surface area is 193 Å². The molecule has 0 saturated heterocycles. The summed E-state index contributed by atoms with van der Waals surface area (Å²) in [4.78, 5) is 0. The molecule has 0 aromatic heterocycles. The van der Waals surface area contributed by atoms with Crippen molar-refractivity contribution in [3.05, 3.63) is 105 Å². The van der Waals surface area contributed by atoms with E-state index in [9.17, 15) is 10.5 Å². The zero-order chi connectivity index (χ0) is 22.2. The van der Waals surface area contributed by atoms with Crippen LogP contribution in [-0.2, 0) is 6.42 Å². The first-order valence-electron chi connectivity index (χ1n) is 10.1. The quantitative estimate of drug-likeness (QED) is 0.411. The van der Waals surface area contributed by atoms with Gasteiger partial charge in [-0.3, -0.25) is 0 Å². The van der Waals surface area contributed by atoms with Gasteiger partial charge in [-0.25, -0.2) is 0 Å². The topological polar surface area (TPSA) is 59.6 Å². The van der Waals surface area contributed by atoms with E-state index in [0.717, 1.165) is 23.1 Å². The molecule has 0 bridgehead atoms. The largest absolute Gasteiger partial charge is 0.306 e. The maximum Gasteiger partial charge on any atom is 0.0991 e. The molecule has 3 aromatic carbocycles. The van der Waals surface area contributed by atoms with E-state index in [1.807, 2.05) is 66.7 Å². The number of nitrogens with zero attached hydrogens (tertiary/aromatic N) is 2. The van der Waals surface area contributed by atoms with Gasteiger partial charge in [0.05, 0.1) is 24.1 Å². The summed E-state index contributed by atoms with van der Waals surface area (Å²) in [5, 5.41) is 23.7. The van der Waals surface area contributed by atoms with Crippen LogP contribution in [0.25, 0.3) is 0 Å². The molecule has 156 valence electrons. The highest BCUT2D eigenvalue weighted by Crippen LogP contribution is 2.30. The minimum Gasteiger partial charge on any atom is -0.306 e. The first-order valence-corrected chi connectivity index (χ1v) is 10.9. The third kappa shape index (κ3) is 6.09. The minimum atomic E-state index is -0.194. The van der Waals surface area contributed by atoms with Crippen molar-refractivity contribution >= 4 is 23.2 Å². The van der Waals surface area contributed by atoms with Crippen molar-refractivity contribution in [2.45, 2.75) is 37.8 Å². The summed E-state index contributed by atoms with van der Waals surface area (Å²) in [6.07, 6.45) is 1.07. The molecule has 0 aliphatic heterocycles. The lowest BCUT2D eigenvalue weighted by molar-refractivity contribution is 0.401. The molecule has 3 atom stereocenters. The summed E-state index contributed by atoms with van der Waals surface area (Å²) in [6.45, 7) is 2.11. The molecule has 0 aliphatic carbocycles. The van der Waals surface area contributed by atoms with Crippen LogP contribution < -0.4 is 5.32 Å². The Bertz CT molecular complexity index is 1100. The predicted octanol–water partition coefficient (Wildman–Crippen LogP) is 6.82. The Morgan fingerprint density at radius 2 is 1.68 bits per heavy atom. The number of halogens is 2. The van der Waals surface area contributed by atoms with Crippen molar-refractivity contribution in [1.29, 1.82) is 10.5 Å². The van der Waals surface area contributed by atoms with Gasteiger partial charge in [0.25, 0.3) is 0 Å².